The lowest BCUT2D eigenvalue weighted by atomic mass is 10.2. The molecule has 0 saturated heterocycles. The van der Waals surface area contributed by atoms with Gasteiger partial charge >= 0.3 is 0 Å². The predicted octanol–water partition coefficient (Wildman–Crippen LogP) is 0.991. The number of aliphatic hydroxyl groups excluding tert-OH is 1. The number of carbonyl (C=O) groups is 1. The summed E-state index contributed by atoms with van der Waals surface area (Å²) in [6.07, 6.45) is 2.27. The Bertz CT molecular complexity index is 341. The third-order valence-corrected chi connectivity index (χ3v) is 2.96. The van der Waals surface area contributed by atoms with Crippen LogP contribution >= 0.6 is 11.5 Å². The Morgan fingerprint density at radius 1 is 1.62 bits per heavy atom. The van der Waals surface area contributed by atoms with Gasteiger partial charge < -0.3 is 10.4 Å². The molecular formula is C10H17N3O2S. The van der Waals surface area contributed by atoms with Crippen LogP contribution in [0.15, 0.2) is 0 Å². The number of carbonyl (C=O) groups excluding carboxylic acids is 1. The van der Waals surface area contributed by atoms with Crippen LogP contribution in [0, 0.1) is 0 Å². The molecule has 1 amide bonds. The summed E-state index contributed by atoms with van der Waals surface area (Å²) in [7, 11) is 0. The van der Waals surface area contributed by atoms with Crippen molar-refractivity contribution in [3.05, 3.63) is 10.6 Å². The molecule has 0 aliphatic heterocycles. The minimum atomic E-state index is -0.139. The third kappa shape index (κ3) is 3.53. The molecule has 0 saturated carbocycles. The minimum absolute atomic E-state index is 0.0333. The number of nitrogens with one attached hydrogen (secondary N) is 1. The monoisotopic (exact) mass is 243 g/mol. The minimum Gasteiger partial charge on any atom is -0.396 e. The Balaban J connectivity index is 2.61. The number of hydrogen-bond acceptors (Lipinski definition) is 5. The highest BCUT2D eigenvalue weighted by molar-refractivity contribution is 7.08. The lowest BCUT2D eigenvalue weighted by molar-refractivity contribution is 0.0937. The van der Waals surface area contributed by atoms with Crippen molar-refractivity contribution in [3.63, 3.8) is 0 Å². The van der Waals surface area contributed by atoms with Gasteiger partial charge in [0.25, 0.3) is 5.91 Å². The zero-order valence-corrected chi connectivity index (χ0v) is 10.4. The van der Waals surface area contributed by atoms with Crippen LogP contribution in [0.3, 0.4) is 0 Å². The van der Waals surface area contributed by atoms with Crippen molar-refractivity contribution in [3.8, 4) is 0 Å². The Morgan fingerprint density at radius 3 is 3.00 bits per heavy atom. The average molecular weight is 243 g/mol. The Morgan fingerprint density at radius 2 is 2.38 bits per heavy atom. The first-order valence-electron chi connectivity index (χ1n) is 5.42. The molecule has 0 aromatic carbocycles. The Hall–Kier alpha value is -1.01. The van der Waals surface area contributed by atoms with Crippen LogP contribution in [0.5, 0.6) is 0 Å². The summed E-state index contributed by atoms with van der Waals surface area (Å²) in [6.45, 7) is 3.97. The maximum atomic E-state index is 11.8. The predicted molar refractivity (Wildman–Crippen MR) is 62.5 cm³/mol. The second kappa shape index (κ2) is 6.55. The van der Waals surface area contributed by atoms with E-state index in [1.807, 2.05) is 13.8 Å². The molecule has 0 radical (unpaired) electrons. The van der Waals surface area contributed by atoms with Crippen LogP contribution in [-0.2, 0) is 6.42 Å². The summed E-state index contributed by atoms with van der Waals surface area (Å²) in [6, 6.07) is -0.0333. The van der Waals surface area contributed by atoms with Gasteiger partial charge in [0.05, 0.1) is 5.69 Å². The summed E-state index contributed by atoms with van der Waals surface area (Å²) in [4.78, 5) is 12.4. The molecule has 5 nitrogen and oxygen atoms in total. The number of nitrogens with zero attached hydrogens (tertiary/aromatic N) is 2. The van der Waals surface area contributed by atoms with Gasteiger partial charge in [-0.3, -0.25) is 4.79 Å². The molecule has 6 heteroatoms. The molecule has 0 aliphatic carbocycles. The number of rotatable bonds is 6. The van der Waals surface area contributed by atoms with Crippen molar-refractivity contribution in [2.45, 2.75) is 39.2 Å². The summed E-state index contributed by atoms with van der Waals surface area (Å²) >= 11 is 1.12. The highest BCUT2D eigenvalue weighted by Crippen LogP contribution is 2.12. The number of aliphatic hydroxyl groups is 1. The standard InChI is InChI=1S/C10H17N3O2S/c1-3-4-8-9(16-13-12-8)10(15)11-7(2)5-6-14/h7,14H,3-6H2,1-2H3,(H,11,15). The molecule has 16 heavy (non-hydrogen) atoms. The van der Waals surface area contributed by atoms with Crippen molar-refractivity contribution in [2.75, 3.05) is 6.61 Å². The smallest absolute Gasteiger partial charge is 0.265 e. The average Bonchev–Trinajstić information content (AvgIpc) is 2.66. The van der Waals surface area contributed by atoms with Gasteiger partial charge in [-0.15, -0.1) is 5.10 Å². The van der Waals surface area contributed by atoms with Crippen molar-refractivity contribution < 1.29 is 9.90 Å². The zero-order chi connectivity index (χ0) is 12.0. The van der Waals surface area contributed by atoms with E-state index in [4.69, 9.17) is 5.11 Å². The molecule has 1 aromatic heterocycles. The number of aryl methyl sites for hydroxylation is 1. The number of aromatic nitrogens is 2. The Kier molecular flexibility index (Phi) is 5.34. The molecule has 1 aromatic rings. The SMILES string of the molecule is CCCc1nnsc1C(=O)NC(C)CCO. The molecule has 90 valence electrons. The topological polar surface area (TPSA) is 75.1 Å². The van der Waals surface area contributed by atoms with Gasteiger partial charge in [0.1, 0.15) is 4.88 Å². The van der Waals surface area contributed by atoms with E-state index in [1.165, 1.54) is 0 Å². The van der Waals surface area contributed by atoms with Gasteiger partial charge in [0.2, 0.25) is 0 Å². The first-order chi connectivity index (χ1) is 7.69. The lowest BCUT2D eigenvalue weighted by Crippen LogP contribution is -2.33. The zero-order valence-electron chi connectivity index (χ0n) is 9.56. The summed E-state index contributed by atoms with van der Waals surface area (Å²) in [5.41, 5.74) is 0.765. The summed E-state index contributed by atoms with van der Waals surface area (Å²) in [5, 5.41) is 15.5. The van der Waals surface area contributed by atoms with Crippen LogP contribution in [0.25, 0.3) is 0 Å². The van der Waals surface area contributed by atoms with Crippen molar-refractivity contribution in [2.24, 2.45) is 0 Å². The third-order valence-electron chi connectivity index (χ3n) is 2.19. The first kappa shape index (κ1) is 13.1. The fraction of sp³-hybridized carbons (Fsp3) is 0.700. The largest absolute Gasteiger partial charge is 0.396 e. The maximum Gasteiger partial charge on any atom is 0.265 e. The van der Waals surface area contributed by atoms with E-state index in [9.17, 15) is 4.79 Å². The molecule has 1 heterocycles. The molecule has 1 rings (SSSR count). The van der Waals surface area contributed by atoms with Crippen molar-refractivity contribution in [1.82, 2.24) is 14.9 Å². The Labute approximate surface area is 99.0 Å². The van der Waals surface area contributed by atoms with Crippen molar-refractivity contribution >= 4 is 17.4 Å². The van der Waals surface area contributed by atoms with Crippen LogP contribution < -0.4 is 5.32 Å². The molecule has 2 N–H and O–H groups in total. The number of amides is 1. The van der Waals surface area contributed by atoms with Gasteiger partial charge in [-0.25, -0.2) is 0 Å². The quantitative estimate of drug-likeness (QED) is 0.781. The first-order valence-corrected chi connectivity index (χ1v) is 6.19. The van der Waals surface area contributed by atoms with Crippen LogP contribution in [-0.4, -0.2) is 33.2 Å². The molecule has 1 atom stereocenters. The highest BCUT2D eigenvalue weighted by Gasteiger charge is 2.16. The molecule has 0 aliphatic rings. The second-order valence-corrected chi connectivity index (χ2v) is 4.44. The fourth-order valence-corrected chi connectivity index (χ4v) is 1.95. The van der Waals surface area contributed by atoms with E-state index in [0.717, 1.165) is 30.1 Å². The molecule has 0 fully saturated rings. The van der Waals surface area contributed by atoms with Crippen LogP contribution in [0.1, 0.15) is 42.1 Å². The normalized spacial score (nSPS) is 12.4. The molecule has 0 spiro atoms. The fourth-order valence-electron chi connectivity index (χ4n) is 1.34. The van der Waals surface area contributed by atoms with Gasteiger partial charge in [0.15, 0.2) is 0 Å². The van der Waals surface area contributed by atoms with E-state index < -0.39 is 0 Å². The molecular weight excluding hydrogens is 226 g/mol. The van der Waals surface area contributed by atoms with Gasteiger partial charge in [-0.2, -0.15) is 0 Å². The van der Waals surface area contributed by atoms with Gasteiger partial charge in [-0.05, 0) is 31.3 Å². The highest BCUT2D eigenvalue weighted by atomic mass is 32.1. The maximum absolute atomic E-state index is 11.8. The van der Waals surface area contributed by atoms with Crippen molar-refractivity contribution in [1.29, 1.82) is 0 Å². The molecule has 0 bridgehead atoms. The van der Waals surface area contributed by atoms with E-state index in [0.29, 0.717) is 11.3 Å². The second-order valence-electron chi connectivity index (χ2n) is 3.69. The molecule has 1 unspecified atom stereocenters. The number of hydrogen-bond donors (Lipinski definition) is 2. The lowest BCUT2D eigenvalue weighted by Gasteiger charge is -2.11. The van der Waals surface area contributed by atoms with E-state index >= 15 is 0 Å². The van der Waals surface area contributed by atoms with Crippen LogP contribution in [0.4, 0.5) is 0 Å². The summed E-state index contributed by atoms with van der Waals surface area (Å²) < 4.78 is 3.80. The van der Waals surface area contributed by atoms with E-state index in [2.05, 4.69) is 14.9 Å². The van der Waals surface area contributed by atoms with E-state index in [-0.39, 0.29) is 18.6 Å². The summed E-state index contributed by atoms with van der Waals surface area (Å²) in [5.74, 6) is -0.139. The van der Waals surface area contributed by atoms with E-state index in [1.54, 1.807) is 0 Å². The van der Waals surface area contributed by atoms with Crippen LogP contribution in [0.2, 0.25) is 0 Å². The van der Waals surface area contributed by atoms with Gasteiger partial charge in [-0.1, -0.05) is 17.8 Å². The van der Waals surface area contributed by atoms with Gasteiger partial charge in [0, 0.05) is 12.6 Å².